The predicted molar refractivity (Wildman–Crippen MR) is 122 cm³/mol. The molecule has 1 heterocycles. The average Bonchev–Trinajstić information content (AvgIpc) is 3.29. The molecule has 6 heteroatoms. The molecule has 5 nitrogen and oxygen atoms in total. The molecule has 1 aliphatic heterocycles. The van der Waals surface area contributed by atoms with Crippen molar-refractivity contribution >= 4 is 44.2 Å². The number of nitrogens with zero attached hydrogens (tertiary/aromatic N) is 1. The van der Waals surface area contributed by atoms with Crippen molar-refractivity contribution in [1.29, 1.82) is 0 Å². The summed E-state index contributed by atoms with van der Waals surface area (Å²) in [4.78, 5) is 27.1. The second-order valence-electron chi connectivity index (χ2n) is 7.41. The zero-order valence-corrected chi connectivity index (χ0v) is 18.4. The number of hydrogen-bond acceptors (Lipinski definition) is 3. The van der Waals surface area contributed by atoms with Crippen molar-refractivity contribution in [2.24, 2.45) is 0 Å². The standard InChI is InChI=1S/C24H23BrN2O3/c1-16-18(24(29)27-13-4-5-14-27)9-6-10-20(16)26-22(28)15-30-21-12-11-17-7-2-3-8-19(17)23(21)25/h2-3,6-12H,4-5,13-15H2,1H3,(H,26,28). The summed E-state index contributed by atoms with van der Waals surface area (Å²) in [5.74, 6) is 0.361. The summed E-state index contributed by atoms with van der Waals surface area (Å²) in [5.41, 5.74) is 2.04. The van der Waals surface area contributed by atoms with Gasteiger partial charge in [-0.3, -0.25) is 9.59 Å². The molecular weight excluding hydrogens is 444 g/mol. The van der Waals surface area contributed by atoms with Crippen molar-refractivity contribution in [3.05, 3.63) is 70.2 Å². The molecule has 3 aromatic rings. The zero-order valence-electron chi connectivity index (χ0n) is 16.8. The third-order valence-corrected chi connectivity index (χ3v) is 6.24. The molecule has 4 rings (SSSR count). The van der Waals surface area contributed by atoms with Gasteiger partial charge in [-0.15, -0.1) is 0 Å². The topological polar surface area (TPSA) is 58.6 Å². The predicted octanol–water partition coefficient (Wildman–Crippen LogP) is 5.16. The summed E-state index contributed by atoms with van der Waals surface area (Å²) in [7, 11) is 0. The lowest BCUT2D eigenvalue weighted by Gasteiger charge is -2.18. The van der Waals surface area contributed by atoms with E-state index in [0.717, 1.165) is 46.7 Å². The van der Waals surface area contributed by atoms with Gasteiger partial charge in [0, 0.05) is 24.3 Å². The minimum atomic E-state index is -0.274. The van der Waals surface area contributed by atoms with Gasteiger partial charge in [-0.2, -0.15) is 0 Å². The van der Waals surface area contributed by atoms with Crippen LogP contribution in [0.1, 0.15) is 28.8 Å². The first kappa shape index (κ1) is 20.4. The van der Waals surface area contributed by atoms with Crippen LogP contribution in [0.3, 0.4) is 0 Å². The highest BCUT2D eigenvalue weighted by Gasteiger charge is 2.22. The number of carbonyl (C=O) groups excluding carboxylic acids is 2. The number of carbonyl (C=O) groups is 2. The number of rotatable bonds is 5. The third kappa shape index (κ3) is 4.19. The van der Waals surface area contributed by atoms with Gasteiger partial charge >= 0.3 is 0 Å². The van der Waals surface area contributed by atoms with E-state index < -0.39 is 0 Å². The van der Waals surface area contributed by atoms with Gasteiger partial charge in [0.2, 0.25) is 0 Å². The van der Waals surface area contributed by atoms with Crippen LogP contribution in [0.5, 0.6) is 5.75 Å². The van der Waals surface area contributed by atoms with Gasteiger partial charge < -0.3 is 15.0 Å². The highest BCUT2D eigenvalue weighted by molar-refractivity contribution is 9.10. The van der Waals surface area contributed by atoms with Gasteiger partial charge in [0.25, 0.3) is 11.8 Å². The molecule has 0 atom stereocenters. The molecule has 2 amide bonds. The minimum Gasteiger partial charge on any atom is -0.483 e. The average molecular weight is 467 g/mol. The molecule has 3 aromatic carbocycles. The molecule has 0 saturated carbocycles. The molecule has 0 aromatic heterocycles. The van der Waals surface area contributed by atoms with Crippen LogP contribution in [-0.4, -0.2) is 36.4 Å². The molecule has 154 valence electrons. The first-order valence-corrected chi connectivity index (χ1v) is 10.8. The van der Waals surface area contributed by atoms with Gasteiger partial charge in [-0.1, -0.05) is 36.4 Å². The van der Waals surface area contributed by atoms with Crippen LogP contribution in [-0.2, 0) is 4.79 Å². The van der Waals surface area contributed by atoms with E-state index in [1.807, 2.05) is 54.3 Å². The lowest BCUT2D eigenvalue weighted by atomic mass is 10.1. The van der Waals surface area contributed by atoms with E-state index >= 15 is 0 Å². The Kier molecular flexibility index (Phi) is 6.04. The Bertz CT molecular complexity index is 1110. The molecule has 30 heavy (non-hydrogen) atoms. The maximum Gasteiger partial charge on any atom is 0.262 e. The van der Waals surface area contributed by atoms with Crippen LogP contribution in [0.15, 0.2) is 59.1 Å². The molecule has 1 aliphatic rings. The molecule has 0 spiro atoms. The number of amides is 2. The largest absolute Gasteiger partial charge is 0.483 e. The fourth-order valence-corrected chi connectivity index (χ4v) is 4.36. The number of nitrogens with one attached hydrogen (secondary N) is 1. The number of anilines is 1. The summed E-state index contributed by atoms with van der Waals surface area (Å²) in [6, 6.07) is 17.2. The molecule has 0 bridgehead atoms. The van der Waals surface area contributed by atoms with Crippen LogP contribution >= 0.6 is 15.9 Å². The van der Waals surface area contributed by atoms with Crippen molar-refractivity contribution in [3.8, 4) is 5.75 Å². The SMILES string of the molecule is Cc1c(NC(=O)COc2ccc3ccccc3c2Br)cccc1C(=O)N1CCCC1. The van der Waals surface area contributed by atoms with E-state index in [-0.39, 0.29) is 18.4 Å². The monoisotopic (exact) mass is 466 g/mol. The van der Waals surface area contributed by atoms with Crippen LogP contribution in [0.25, 0.3) is 10.8 Å². The molecule has 1 saturated heterocycles. The molecular formula is C24H23BrN2O3. The Balaban J connectivity index is 1.44. The first-order chi connectivity index (χ1) is 14.5. The lowest BCUT2D eigenvalue weighted by Crippen LogP contribution is -2.28. The number of benzene rings is 3. The van der Waals surface area contributed by atoms with Gasteiger partial charge in [-0.25, -0.2) is 0 Å². The Labute approximate surface area is 184 Å². The number of hydrogen-bond donors (Lipinski definition) is 1. The van der Waals surface area contributed by atoms with Crippen molar-refractivity contribution in [2.45, 2.75) is 19.8 Å². The van der Waals surface area contributed by atoms with Gasteiger partial charge in [-0.05, 0) is 70.2 Å². The van der Waals surface area contributed by atoms with Gasteiger partial charge in [0.1, 0.15) is 5.75 Å². The maximum atomic E-state index is 12.7. The van der Waals surface area contributed by atoms with Crippen LogP contribution in [0.4, 0.5) is 5.69 Å². The summed E-state index contributed by atoms with van der Waals surface area (Å²) in [5, 5.41) is 4.99. The van der Waals surface area contributed by atoms with Crippen LogP contribution < -0.4 is 10.1 Å². The highest BCUT2D eigenvalue weighted by Crippen LogP contribution is 2.33. The second kappa shape index (κ2) is 8.88. The minimum absolute atomic E-state index is 0.0254. The summed E-state index contributed by atoms with van der Waals surface area (Å²) < 4.78 is 6.57. The number of fused-ring (bicyclic) bond motifs is 1. The fraction of sp³-hybridized carbons (Fsp3) is 0.250. The number of halogens is 1. The van der Waals surface area contributed by atoms with Crippen molar-refractivity contribution in [2.75, 3.05) is 25.0 Å². The maximum absolute atomic E-state index is 12.7. The second-order valence-corrected chi connectivity index (χ2v) is 8.21. The normalized spacial score (nSPS) is 13.5. The number of likely N-dealkylation sites (tertiary alicyclic amines) is 1. The smallest absolute Gasteiger partial charge is 0.262 e. The highest BCUT2D eigenvalue weighted by atomic mass is 79.9. The summed E-state index contributed by atoms with van der Waals surface area (Å²) in [6.45, 7) is 3.33. The van der Waals surface area contributed by atoms with E-state index in [1.165, 1.54) is 0 Å². The van der Waals surface area contributed by atoms with E-state index in [1.54, 1.807) is 12.1 Å². The van der Waals surface area contributed by atoms with Crippen molar-refractivity contribution < 1.29 is 14.3 Å². The third-order valence-electron chi connectivity index (χ3n) is 5.42. The quantitative estimate of drug-likeness (QED) is 0.564. The van der Waals surface area contributed by atoms with E-state index in [2.05, 4.69) is 21.2 Å². The van der Waals surface area contributed by atoms with Crippen LogP contribution in [0, 0.1) is 6.92 Å². The molecule has 0 aliphatic carbocycles. The van der Waals surface area contributed by atoms with Gasteiger partial charge in [0.05, 0.1) is 4.47 Å². The zero-order chi connectivity index (χ0) is 21.1. The molecule has 1 N–H and O–H groups in total. The molecule has 1 fully saturated rings. The molecule has 0 radical (unpaired) electrons. The Morgan fingerprint density at radius 3 is 2.60 bits per heavy atom. The van der Waals surface area contributed by atoms with E-state index in [9.17, 15) is 9.59 Å². The lowest BCUT2D eigenvalue weighted by molar-refractivity contribution is -0.118. The Hall–Kier alpha value is -2.86. The van der Waals surface area contributed by atoms with Crippen molar-refractivity contribution in [3.63, 3.8) is 0 Å². The van der Waals surface area contributed by atoms with E-state index in [0.29, 0.717) is 17.0 Å². The van der Waals surface area contributed by atoms with Crippen molar-refractivity contribution in [1.82, 2.24) is 4.90 Å². The Morgan fingerprint density at radius 1 is 1.03 bits per heavy atom. The number of ether oxygens (including phenoxy) is 1. The van der Waals surface area contributed by atoms with E-state index in [4.69, 9.17) is 4.74 Å². The Morgan fingerprint density at radius 2 is 1.80 bits per heavy atom. The molecule has 0 unspecified atom stereocenters. The summed E-state index contributed by atoms with van der Waals surface area (Å²) >= 11 is 3.57. The van der Waals surface area contributed by atoms with Gasteiger partial charge in [0.15, 0.2) is 6.61 Å². The van der Waals surface area contributed by atoms with Crippen LogP contribution in [0.2, 0.25) is 0 Å². The fourth-order valence-electron chi connectivity index (χ4n) is 3.75. The summed E-state index contributed by atoms with van der Waals surface area (Å²) in [6.07, 6.45) is 2.09. The first-order valence-electron chi connectivity index (χ1n) is 10.0.